The maximum atomic E-state index is 6.50. The molecular formula is C13H11N. The first-order chi connectivity index (χ1) is 6.97. The van der Waals surface area contributed by atoms with Crippen molar-refractivity contribution in [1.29, 1.82) is 5.26 Å². The second-order valence-electron chi connectivity index (χ2n) is 2.73. The van der Waals surface area contributed by atoms with E-state index in [9.17, 15) is 0 Å². The molecular weight excluding hydrogens is 170 g/mol. The number of hydrogen-bond acceptors (Lipinski definition) is 1. The molecule has 2 aromatic carbocycles. The van der Waals surface area contributed by atoms with Crippen molar-refractivity contribution < 1.29 is 0 Å². The SMILES string of the molecule is C#N.c1ccc(-c2ccccc2)cc1. The fourth-order valence-corrected chi connectivity index (χ4v) is 1.26. The van der Waals surface area contributed by atoms with Gasteiger partial charge in [0.25, 0.3) is 0 Å². The first kappa shape index (κ1) is 10.0. The quantitative estimate of drug-likeness (QED) is 0.660. The maximum absolute atomic E-state index is 6.50. The molecule has 0 heterocycles. The molecule has 0 radical (unpaired) electrons. The Bertz CT molecular complexity index is 338. The molecule has 68 valence electrons. The van der Waals surface area contributed by atoms with E-state index in [2.05, 4.69) is 55.1 Å². The first-order valence-corrected chi connectivity index (χ1v) is 4.33. The molecule has 0 aliphatic heterocycles. The molecule has 14 heavy (non-hydrogen) atoms. The molecule has 1 nitrogen and oxygen atoms in total. The summed E-state index contributed by atoms with van der Waals surface area (Å²) in [6.45, 7) is 3.50. The summed E-state index contributed by atoms with van der Waals surface area (Å²) in [5.41, 5.74) is 2.55. The lowest BCUT2D eigenvalue weighted by molar-refractivity contribution is 1.58. The highest BCUT2D eigenvalue weighted by atomic mass is 14.2. The molecule has 0 atom stereocenters. The van der Waals surface area contributed by atoms with Crippen LogP contribution in [0.5, 0.6) is 0 Å². The lowest BCUT2D eigenvalue weighted by atomic mass is 10.1. The molecule has 0 saturated carbocycles. The summed E-state index contributed by atoms with van der Waals surface area (Å²) in [7, 11) is 0. The standard InChI is InChI=1S/C12H10.CHN/c1-3-7-11(8-4-1)12-9-5-2-6-10-12;1-2/h1-10H;1H. The molecule has 2 aromatic rings. The van der Waals surface area contributed by atoms with Crippen LogP contribution in [-0.4, -0.2) is 0 Å². The van der Waals surface area contributed by atoms with Crippen LogP contribution in [0.4, 0.5) is 0 Å². The van der Waals surface area contributed by atoms with Crippen molar-refractivity contribution in [3.05, 3.63) is 60.7 Å². The molecule has 0 aliphatic rings. The van der Waals surface area contributed by atoms with Gasteiger partial charge in [-0.05, 0) is 11.1 Å². The van der Waals surface area contributed by atoms with E-state index in [1.54, 1.807) is 0 Å². The Morgan fingerprint density at radius 2 is 0.857 bits per heavy atom. The zero-order valence-electron chi connectivity index (χ0n) is 7.80. The average Bonchev–Trinajstić information content (AvgIpc) is 2.34. The third-order valence-corrected chi connectivity index (χ3v) is 1.88. The van der Waals surface area contributed by atoms with Crippen molar-refractivity contribution in [3.8, 4) is 17.7 Å². The summed E-state index contributed by atoms with van der Waals surface area (Å²) in [5, 5.41) is 6.50. The van der Waals surface area contributed by atoms with Crippen LogP contribution in [0.15, 0.2) is 60.7 Å². The monoisotopic (exact) mass is 181 g/mol. The van der Waals surface area contributed by atoms with E-state index in [0.29, 0.717) is 0 Å². The zero-order valence-corrected chi connectivity index (χ0v) is 7.80. The van der Waals surface area contributed by atoms with Crippen LogP contribution in [0.1, 0.15) is 0 Å². The fraction of sp³-hybridized carbons (Fsp3) is 0. The smallest absolute Gasteiger partial charge is 0.0462 e. The first-order valence-electron chi connectivity index (χ1n) is 4.33. The van der Waals surface area contributed by atoms with Crippen LogP contribution >= 0.6 is 0 Å². The Balaban J connectivity index is 0.000000461. The predicted octanol–water partition coefficient (Wildman–Crippen LogP) is 3.49. The summed E-state index contributed by atoms with van der Waals surface area (Å²) in [6.07, 6.45) is 0. The van der Waals surface area contributed by atoms with Gasteiger partial charge in [0, 0.05) is 6.57 Å². The van der Waals surface area contributed by atoms with Crippen molar-refractivity contribution in [2.45, 2.75) is 0 Å². The molecule has 0 unspecified atom stereocenters. The summed E-state index contributed by atoms with van der Waals surface area (Å²) in [4.78, 5) is 0. The molecule has 0 aromatic heterocycles. The van der Waals surface area contributed by atoms with Gasteiger partial charge in [-0.3, -0.25) is 0 Å². The largest absolute Gasteiger partial charge is 0.202 e. The molecule has 2 rings (SSSR count). The summed E-state index contributed by atoms with van der Waals surface area (Å²) in [5.74, 6) is 0. The van der Waals surface area contributed by atoms with Crippen molar-refractivity contribution in [2.24, 2.45) is 0 Å². The highest BCUT2D eigenvalue weighted by Gasteiger charge is 1.91. The lowest BCUT2D eigenvalue weighted by Gasteiger charge is -1.98. The Morgan fingerprint density at radius 1 is 0.571 bits per heavy atom. The van der Waals surface area contributed by atoms with E-state index in [1.165, 1.54) is 11.1 Å². The van der Waals surface area contributed by atoms with Crippen LogP contribution < -0.4 is 0 Å². The Hall–Kier alpha value is -2.07. The fourth-order valence-electron chi connectivity index (χ4n) is 1.26. The summed E-state index contributed by atoms with van der Waals surface area (Å²) < 4.78 is 0. The molecule has 0 fully saturated rings. The van der Waals surface area contributed by atoms with Crippen LogP contribution in [0.2, 0.25) is 0 Å². The Kier molecular flexibility index (Phi) is 3.97. The van der Waals surface area contributed by atoms with Gasteiger partial charge in [0.1, 0.15) is 0 Å². The number of nitrogens with zero attached hydrogens (tertiary/aromatic N) is 1. The highest BCUT2D eigenvalue weighted by molar-refractivity contribution is 5.62. The van der Waals surface area contributed by atoms with Gasteiger partial charge >= 0.3 is 0 Å². The zero-order chi connectivity index (χ0) is 10.2. The van der Waals surface area contributed by atoms with Crippen LogP contribution in [-0.2, 0) is 0 Å². The average molecular weight is 181 g/mol. The van der Waals surface area contributed by atoms with Crippen molar-refractivity contribution in [3.63, 3.8) is 0 Å². The Labute approximate surface area is 84.3 Å². The number of rotatable bonds is 1. The second kappa shape index (κ2) is 5.55. The molecule has 1 heteroatoms. The van der Waals surface area contributed by atoms with Crippen molar-refractivity contribution in [1.82, 2.24) is 0 Å². The topological polar surface area (TPSA) is 23.8 Å². The van der Waals surface area contributed by atoms with Crippen LogP contribution in [0.3, 0.4) is 0 Å². The van der Waals surface area contributed by atoms with Crippen LogP contribution in [0, 0.1) is 11.8 Å². The van der Waals surface area contributed by atoms with Gasteiger partial charge in [-0.1, -0.05) is 60.7 Å². The maximum Gasteiger partial charge on any atom is 0.0462 e. The lowest BCUT2D eigenvalue weighted by Crippen LogP contribution is -1.73. The minimum absolute atomic E-state index is 1.28. The number of nitriles is 1. The molecule has 0 aliphatic carbocycles. The van der Waals surface area contributed by atoms with Gasteiger partial charge in [0.15, 0.2) is 0 Å². The van der Waals surface area contributed by atoms with Gasteiger partial charge in [0.05, 0.1) is 0 Å². The van der Waals surface area contributed by atoms with Gasteiger partial charge < -0.3 is 0 Å². The van der Waals surface area contributed by atoms with Gasteiger partial charge in [-0.15, -0.1) is 0 Å². The molecule has 0 saturated heterocycles. The molecule has 0 spiro atoms. The second-order valence-corrected chi connectivity index (χ2v) is 2.73. The predicted molar refractivity (Wildman–Crippen MR) is 58.5 cm³/mol. The number of hydrogen-bond donors (Lipinski definition) is 0. The van der Waals surface area contributed by atoms with E-state index < -0.39 is 0 Å². The molecule has 0 N–H and O–H groups in total. The summed E-state index contributed by atoms with van der Waals surface area (Å²) in [6, 6.07) is 20.8. The normalized spacial score (nSPS) is 8.43. The minimum Gasteiger partial charge on any atom is -0.202 e. The minimum atomic E-state index is 1.28. The highest BCUT2D eigenvalue weighted by Crippen LogP contribution is 2.17. The summed E-state index contributed by atoms with van der Waals surface area (Å²) >= 11 is 0. The Morgan fingerprint density at radius 3 is 1.14 bits per heavy atom. The van der Waals surface area contributed by atoms with E-state index in [0.717, 1.165) is 0 Å². The third kappa shape index (κ3) is 2.46. The van der Waals surface area contributed by atoms with E-state index in [4.69, 9.17) is 5.26 Å². The van der Waals surface area contributed by atoms with Crippen LogP contribution in [0.25, 0.3) is 11.1 Å². The number of benzene rings is 2. The van der Waals surface area contributed by atoms with E-state index >= 15 is 0 Å². The van der Waals surface area contributed by atoms with Gasteiger partial charge in [-0.2, -0.15) is 0 Å². The third-order valence-electron chi connectivity index (χ3n) is 1.88. The van der Waals surface area contributed by atoms with E-state index in [-0.39, 0.29) is 0 Å². The van der Waals surface area contributed by atoms with Crippen molar-refractivity contribution >= 4 is 0 Å². The van der Waals surface area contributed by atoms with E-state index in [1.807, 2.05) is 12.1 Å². The van der Waals surface area contributed by atoms with Gasteiger partial charge in [0.2, 0.25) is 0 Å². The molecule has 0 amide bonds. The van der Waals surface area contributed by atoms with Gasteiger partial charge in [-0.25, -0.2) is 5.26 Å². The van der Waals surface area contributed by atoms with Crippen molar-refractivity contribution in [2.75, 3.05) is 0 Å². The molecule has 0 bridgehead atoms.